The highest BCUT2D eigenvalue weighted by Crippen LogP contribution is 2.16. The first-order chi connectivity index (χ1) is 13.1. The van der Waals surface area contributed by atoms with E-state index in [2.05, 4.69) is 15.5 Å². The van der Waals surface area contributed by atoms with Crippen molar-refractivity contribution < 1.29 is 9.53 Å². The molecule has 0 radical (unpaired) electrons. The quantitative estimate of drug-likeness (QED) is 0.624. The molecule has 0 fully saturated rings. The predicted molar refractivity (Wildman–Crippen MR) is 102 cm³/mol. The number of ether oxygens (including phenoxy) is 1. The number of halogens is 1. The van der Waals surface area contributed by atoms with Crippen molar-refractivity contribution >= 4 is 17.5 Å². The van der Waals surface area contributed by atoms with E-state index in [-0.39, 0.29) is 12.5 Å². The number of carbonyl (C=O) groups is 1. The molecule has 1 aromatic heterocycles. The van der Waals surface area contributed by atoms with Crippen LogP contribution in [0.4, 0.5) is 0 Å². The van der Waals surface area contributed by atoms with E-state index in [1.165, 1.54) is 0 Å². The van der Waals surface area contributed by atoms with Gasteiger partial charge >= 0.3 is 0 Å². The first kappa shape index (κ1) is 18.8. The second kappa shape index (κ2) is 8.64. The summed E-state index contributed by atoms with van der Waals surface area (Å²) in [7, 11) is 1.77. The van der Waals surface area contributed by atoms with Crippen LogP contribution in [0, 0.1) is 0 Å². The van der Waals surface area contributed by atoms with Gasteiger partial charge in [-0.25, -0.2) is 4.68 Å². The molecule has 0 aliphatic heterocycles. The van der Waals surface area contributed by atoms with Crippen LogP contribution >= 0.6 is 11.6 Å². The topological polar surface area (TPSA) is 73.1 Å². The zero-order valence-corrected chi connectivity index (χ0v) is 15.9. The van der Waals surface area contributed by atoms with Gasteiger partial charge in [0, 0.05) is 30.7 Å². The molecule has 3 rings (SSSR count). The fourth-order valence-corrected chi connectivity index (χ4v) is 2.70. The normalized spacial score (nSPS) is 10.6. The Kier molecular flexibility index (Phi) is 6.03. The monoisotopic (exact) mass is 385 g/mol. The highest BCUT2D eigenvalue weighted by Gasteiger charge is 2.12. The Morgan fingerprint density at radius 2 is 1.85 bits per heavy atom. The molecule has 27 heavy (non-hydrogen) atoms. The van der Waals surface area contributed by atoms with E-state index < -0.39 is 0 Å². The number of hydrogen-bond acceptors (Lipinski definition) is 5. The molecule has 0 spiro atoms. The molecule has 1 amide bonds. The van der Waals surface area contributed by atoms with Crippen molar-refractivity contribution in [2.45, 2.75) is 26.6 Å². The largest absolute Gasteiger partial charge is 0.486 e. The Morgan fingerprint density at radius 3 is 2.52 bits per heavy atom. The lowest BCUT2D eigenvalue weighted by Crippen LogP contribution is -2.26. The standard InChI is InChI=1S/C19H20ClN5O2/c1-3-25-18(21-22-23-25)13-27-17-10-6-15(7-11-17)19(26)24(2)12-14-4-8-16(20)9-5-14/h4-11H,3,12-13H2,1-2H3. The number of aryl methyl sites for hydroxylation is 1. The summed E-state index contributed by atoms with van der Waals surface area (Å²) in [5, 5.41) is 12.1. The van der Waals surface area contributed by atoms with Crippen LogP contribution in [0.1, 0.15) is 28.7 Å². The van der Waals surface area contributed by atoms with E-state index in [0.717, 1.165) is 5.56 Å². The molecule has 1 heterocycles. The van der Waals surface area contributed by atoms with Gasteiger partial charge in [-0.1, -0.05) is 23.7 Å². The van der Waals surface area contributed by atoms with E-state index in [1.54, 1.807) is 40.9 Å². The van der Waals surface area contributed by atoms with Gasteiger partial charge in [0.25, 0.3) is 5.91 Å². The summed E-state index contributed by atoms with van der Waals surface area (Å²) < 4.78 is 7.36. The summed E-state index contributed by atoms with van der Waals surface area (Å²) in [5.74, 6) is 1.24. The van der Waals surface area contributed by atoms with Crippen molar-refractivity contribution in [1.82, 2.24) is 25.1 Å². The van der Waals surface area contributed by atoms with Gasteiger partial charge in [0.1, 0.15) is 12.4 Å². The molecule has 0 atom stereocenters. The number of benzene rings is 2. The molecular formula is C19H20ClN5O2. The van der Waals surface area contributed by atoms with Gasteiger partial charge in [0.05, 0.1) is 0 Å². The lowest BCUT2D eigenvalue weighted by atomic mass is 10.1. The molecule has 0 unspecified atom stereocenters. The molecular weight excluding hydrogens is 366 g/mol. The van der Waals surface area contributed by atoms with Crippen molar-refractivity contribution in [2.24, 2.45) is 0 Å². The van der Waals surface area contributed by atoms with Crippen LogP contribution < -0.4 is 4.74 Å². The molecule has 140 valence electrons. The van der Waals surface area contributed by atoms with Crippen molar-refractivity contribution in [2.75, 3.05) is 7.05 Å². The minimum absolute atomic E-state index is 0.0635. The van der Waals surface area contributed by atoms with Gasteiger partial charge in [-0.05, 0) is 59.3 Å². The fraction of sp³-hybridized carbons (Fsp3) is 0.263. The molecule has 0 bridgehead atoms. The molecule has 0 aliphatic rings. The van der Waals surface area contributed by atoms with Gasteiger partial charge < -0.3 is 9.64 Å². The molecule has 7 nitrogen and oxygen atoms in total. The molecule has 8 heteroatoms. The Bertz CT molecular complexity index is 893. The molecule has 0 saturated heterocycles. The first-order valence-corrected chi connectivity index (χ1v) is 8.92. The number of tetrazole rings is 1. The van der Waals surface area contributed by atoms with Crippen LogP contribution in [-0.2, 0) is 19.7 Å². The van der Waals surface area contributed by atoms with Crippen molar-refractivity contribution in [1.29, 1.82) is 0 Å². The third kappa shape index (κ3) is 4.83. The Balaban J connectivity index is 1.58. The maximum Gasteiger partial charge on any atom is 0.253 e. The summed E-state index contributed by atoms with van der Waals surface area (Å²) in [6.45, 7) is 3.42. The van der Waals surface area contributed by atoms with E-state index in [1.807, 2.05) is 31.2 Å². The van der Waals surface area contributed by atoms with Gasteiger partial charge in [-0.2, -0.15) is 0 Å². The van der Waals surface area contributed by atoms with Crippen molar-refractivity contribution in [3.05, 3.63) is 70.5 Å². The van der Waals surface area contributed by atoms with Gasteiger partial charge in [-0.3, -0.25) is 4.79 Å². The van der Waals surface area contributed by atoms with Gasteiger partial charge in [-0.15, -0.1) is 5.10 Å². The number of aromatic nitrogens is 4. The zero-order valence-electron chi connectivity index (χ0n) is 15.2. The number of amides is 1. The average molecular weight is 386 g/mol. The minimum Gasteiger partial charge on any atom is -0.486 e. The summed E-state index contributed by atoms with van der Waals surface area (Å²) >= 11 is 5.89. The molecule has 3 aromatic rings. The second-order valence-electron chi connectivity index (χ2n) is 6.01. The van der Waals surface area contributed by atoms with E-state index in [9.17, 15) is 4.79 Å². The highest BCUT2D eigenvalue weighted by molar-refractivity contribution is 6.30. The molecule has 0 saturated carbocycles. The maximum atomic E-state index is 12.6. The molecule has 0 aliphatic carbocycles. The third-order valence-electron chi connectivity index (χ3n) is 4.05. The van der Waals surface area contributed by atoms with Crippen LogP contribution in [0.2, 0.25) is 5.02 Å². The first-order valence-electron chi connectivity index (χ1n) is 8.54. The Hall–Kier alpha value is -2.93. The Labute approximate surface area is 162 Å². The van der Waals surface area contributed by atoms with E-state index in [0.29, 0.717) is 35.2 Å². The number of rotatable bonds is 7. The Morgan fingerprint density at radius 1 is 1.15 bits per heavy atom. The lowest BCUT2D eigenvalue weighted by Gasteiger charge is -2.17. The van der Waals surface area contributed by atoms with Crippen molar-refractivity contribution in [3.8, 4) is 5.75 Å². The minimum atomic E-state index is -0.0635. The van der Waals surface area contributed by atoms with Crippen LogP contribution in [0.15, 0.2) is 48.5 Å². The summed E-state index contributed by atoms with van der Waals surface area (Å²) in [6.07, 6.45) is 0. The van der Waals surface area contributed by atoms with Crippen LogP contribution in [-0.4, -0.2) is 38.1 Å². The smallest absolute Gasteiger partial charge is 0.253 e. The molecule has 0 N–H and O–H groups in total. The molecule has 2 aromatic carbocycles. The third-order valence-corrected chi connectivity index (χ3v) is 4.31. The van der Waals surface area contributed by atoms with E-state index >= 15 is 0 Å². The number of hydrogen-bond donors (Lipinski definition) is 0. The maximum absolute atomic E-state index is 12.6. The zero-order chi connectivity index (χ0) is 19.2. The predicted octanol–water partition coefficient (Wildman–Crippen LogP) is 3.20. The average Bonchev–Trinajstić information content (AvgIpc) is 3.15. The van der Waals surface area contributed by atoms with Crippen LogP contribution in [0.3, 0.4) is 0 Å². The van der Waals surface area contributed by atoms with Gasteiger partial charge in [0.15, 0.2) is 5.82 Å². The van der Waals surface area contributed by atoms with Gasteiger partial charge in [0.2, 0.25) is 0 Å². The second-order valence-corrected chi connectivity index (χ2v) is 6.45. The SMILES string of the molecule is CCn1nnnc1COc1ccc(C(=O)N(C)Cc2ccc(Cl)cc2)cc1. The van der Waals surface area contributed by atoms with Crippen LogP contribution in [0.5, 0.6) is 5.75 Å². The highest BCUT2D eigenvalue weighted by atomic mass is 35.5. The summed E-state index contributed by atoms with van der Waals surface area (Å²) in [4.78, 5) is 14.2. The lowest BCUT2D eigenvalue weighted by molar-refractivity contribution is 0.0785. The van der Waals surface area contributed by atoms with Crippen molar-refractivity contribution in [3.63, 3.8) is 0 Å². The summed E-state index contributed by atoms with van der Waals surface area (Å²) in [6, 6.07) is 14.5. The number of nitrogens with zero attached hydrogens (tertiary/aromatic N) is 5. The summed E-state index contributed by atoms with van der Waals surface area (Å²) in [5.41, 5.74) is 1.61. The fourth-order valence-electron chi connectivity index (χ4n) is 2.57. The number of carbonyl (C=O) groups excluding carboxylic acids is 1. The van der Waals surface area contributed by atoms with E-state index in [4.69, 9.17) is 16.3 Å². The van der Waals surface area contributed by atoms with Crippen LogP contribution in [0.25, 0.3) is 0 Å².